The molecule has 3 rings (SSSR count). The van der Waals surface area contributed by atoms with Crippen molar-refractivity contribution < 1.29 is 31.5 Å². The number of methoxy groups -OCH3 is 1. The smallest absolute Gasteiger partial charge is 0.297 e. The topological polar surface area (TPSA) is 80.3 Å². The van der Waals surface area contributed by atoms with Crippen molar-refractivity contribution in [2.45, 2.75) is 56.1 Å². The summed E-state index contributed by atoms with van der Waals surface area (Å²) in [5, 5.41) is 0. The summed E-state index contributed by atoms with van der Waals surface area (Å²) >= 11 is 0. The van der Waals surface area contributed by atoms with Gasteiger partial charge in [0, 0.05) is 7.11 Å². The Labute approximate surface area is 141 Å². The molecular weight excluding hydrogens is 336 g/mol. The summed E-state index contributed by atoms with van der Waals surface area (Å²) in [6.45, 7) is 5.28. The minimum Gasteiger partial charge on any atom is -0.376 e. The van der Waals surface area contributed by atoms with Crippen LogP contribution < -0.4 is 0 Å². The maximum absolute atomic E-state index is 12.3. The van der Waals surface area contributed by atoms with E-state index in [1.165, 1.54) is 19.2 Å². The highest BCUT2D eigenvalue weighted by Gasteiger charge is 2.55. The van der Waals surface area contributed by atoms with Crippen molar-refractivity contribution >= 4 is 10.1 Å². The molecule has 0 amide bonds. The van der Waals surface area contributed by atoms with Crippen molar-refractivity contribution in [3.8, 4) is 0 Å². The molecule has 0 unspecified atom stereocenters. The Hall–Kier alpha value is -1.03. The maximum atomic E-state index is 12.3. The zero-order chi connectivity index (χ0) is 17.5. The molecule has 0 bridgehead atoms. The summed E-state index contributed by atoms with van der Waals surface area (Å²) in [7, 11) is -2.34. The van der Waals surface area contributed by atoms with E-state index in [2.05, 4.69) is 0 Å². The molecule has 0 saturated carbocycles. The van der Waals surface area contributed by atoms with Crippen molar-refractivity contribution in [2.75, 3.05) is 13.7 Å². The molecule has 2 aliphatic rings. The third kappa shape index (κ3) is 3.49. The molecule has 8 heteroatoms. The highest BCUT2D eigenvalue weighted by atomic mass is 32.2. The Balaban J connectivity index is 1.66. The zero-order valence-electron chi connectivity index (χ0n) is 14.1. The van der Waals surface area contributed by atoms with Crippen LogP contribution in [0.1, 0.15) is 19.4 Å². The molecule has 2 heterocycles. The maximum Gasteiger partial charge on any atom is 0.297 e. The second-order valence-electron chi connectivity index (χ2n) is 6.40. The van der Waals surface area contributed by atoms with Gasteiger partial charge in [-0.05, 0) is 32.9 Å². The first-order chi connectivity index (χ1) is 11.2. The molecule has 24 heavy (non-hydrogen) atoms. The largest absolute Gasteiger partial charge is 0.376 e. The van der Waals surface area contributed by atoms with E-state index >= 15 is 0 Å². The molecule has 4 atom stereocenters. The predicted molar refractivity (Wildman–Crippen MR) is 83.8 cm³/mol. The van der Waals surface area contributed by atoms with Gasteiger partial charge in [0.15, 0.2) is 12.1 Å². The van der Waals surface area contributed by atoms with Crippen molar-refractivity contribution in [1.82, 2.24) is 0 Å². The Kier molecular flexibility index (Phi) is 4.71. The van der Waals surface area contributed by atoms with E-state index in [1.54, 1.807) is 26.0 Å². The molecule has 2 fully saturated rings. The molecular formula is C16H22O7S. The summed E-state index contributed by atoms with van der Waals surface area (Å²) in [6, 6.07) is 6.46. The Morgan fingerprint density at radius 1 is 1.17 bits per heavy atom. The second-order valence-corrected chi connectivity index (χ2v) is 8.01. The highest BCUT2D eigenvalue weighted by molar-refractivity contribution is 7.86. The summed E-state index contributed by atoms with van der Waals surface area (Å²) in [4.78, 5) is 0.105. The van der Waals surface area contributed by atoms with E-state index in [4.69, 9.17) is 23.1 Å². The van der Waals surface area contributed by atoms with E-state index < -0.39 is 40.5 Å². The second kappa shape index (κ2) is 6.36. The summed E-state index contributed by atoms with van der Waals surface area (Å²) in [5.41, 5.74) is 0.970. The van der Waals surface area contributed by atoms with Crippen LogP contribution in [0.4, 0.5) is 0 Å². The number of rotatable bonds is 5. The van der Waals surface area contributed by atoms with Crippen molar-refractivity contribution in [3.05, 3.63) is 29.8 Å². The van der Waals surface area contributed by atoms with Crippen molar-refractivity contribution in [2.24, 2.45) is 0 Å². The van der Waals surface area contributed by atoms with Crippen LogP contribution in [0, 0.1) is 6.92 Å². The fourth-order valence-corrected chi connectivity index (χ4v) is 3.81. The Bertz CT molecular complexity index is 683. The van der Waals surface area contributed by atoms with Gasteiger partial charge < -0.3 is 18.9 Å². The van der Waals surface area contributed by atoms with E-state index in [9.17, 15) is 8.42 Å². The Morgan fingerprint density at radius 2 is 1.83 bits per heavy atom. The van der Waals surface area contributed by atoms with Gasteiger partial charge in [0.25, 0.3) is 10.1 Å². The van der Waals surface area contributed by atoms with Gasteiger partial charge in [-0.2, -0.15) is 8.42 Å². The van der Waals surface area contributed by atoms with E-state index in [0.717, 1.165) is 5.56 Å². The number of hydrogen-bond acceptors (Lipinski definition) is 7. The fraction of sp³-hybridized carbons (Fsp3) is 0.625. The zero-order valence-corrected chi connectivity index (χ0v) is 14.9. The number of aryl methyl sites for hydroxylation is 1. The highest BCUT2D eigenvalue weighted by Crippen LogP contribution is 2.38. The number of benzene rings is 1. The minimum absolute atomic E-state index is 0.105. The lowest BCUT2D eigenvalue weighted by molar-refractivity contribution is -0.219. The first kappa shape index (κ1) is 17.8. The lowest BCUT2D eigenvalue weighted by Crippen LogP contribution is -2.38. The SMILES string of the molecule is CO[C@@H]1[C@H]2OC(C)(C)O[C@@H]2O[C@H]1COS(=O)(=O)c1ccc(C)cc1. The average molecular weight is 358 g/mol. The van der Waals surface area contributed by atoms with Crippen molar-refractivity contribution in [1.29, 1.82) is 0 Å². The fourth-order valence-electron chi connectivity index (χ4n) is 2.90. The molecule has 1 aromatic rings. The lowest BCUT2D eigenvalue weighted by atomic mass is 10.1. The summed E-state index contributed by atoms with van der Waals surface area (Å²) in [5.74, 6) is -0.758. The number of hydrogen-bond donors (Lipinski definition) is 0. The number of fused-ring (bicyclic) bond motifs is 1. The van der Waals surface area contributed by atoms with Crippen LogP contribution in [0.5, 0.6) is 0 Å². The molecule has 0 aromatic heterocycles. The minimum atomic E-state index is -3.86. The van der Waals surface area contributed by atoms with Crippen LogP contribution in [0.25, 0.3) is 0 Å². The lowest BCUT2D eigenvalue weighted by Gasteiger charge is -2.24. The standard InChI is InChI=1S/C16H22O7S/c1-10-5-7-11(8-6-10)24(17,18)20-9-12-13(19-4)14-15(21-12)23-16(2,3)22-14/h5-8,12-15H,9H2,1-4H3/t12-,13-,14+,15-/m0/s1. The summed E-state index contributed by atoms with van der Waals surface area (Å²) in [6.07, 6.45) is -2.08. The third-order valence-electron chi connectivity index (χ3n) is 4.06. The third-order valence-corrected chi connectivity index (χ3v) is 5.35. The van der Waals surface area contributed by atoms with Gasteiger partial charge in [0.2, 0.25) is 0 Å². The van der Waals surface area contributed by atoms with Gasteiger partial charge in [0.1, 0.15) is 18.3 Å². The monoisotopic (exact) mass is 358 g/mol. The van der Waals surface area contributed by atoms with E-state index in [0.29, 0.717) is 0 Å². The van der Waals surface area contributed by atoms with Crippen LogP contribution >= 0.6 is 0 Å². The van der Waals surface area contributed by atoms with Crippen LogP contribution in [-0.4, -0.2) is 52.5 Å². The van der Waals surface area contributed by atoms with Gasteiger partial charge in [0.05, 0.1) is 11.5 Å². The van der Waals surface area contributed by atoms with Crippen LogP contribution in [0.2, 0.25) is 0 Å². The van der Waals surface area contributed by atoms with Gasteiger partial charge in [-0.1, -0.05) is 17.7 Å². The van der Waals surface area contributed by atoms with Crippen LogP contribution in [0.3, 0.4) is 0 Å². The normalized spacial score (nSPS) is 32.0. The predicted octanol–water partition coefficient (Wildman–Crippen LogP) is 1.59. The molecule has 2 saturated heterocycles. The molecule has 2 aliphatic heterocycles. The van der Waals surface area contributed by atoms with E-state index in [1.807, 2.05) is 6.92 Å². The quantitative estimate of drug-likeness (QED) is 0.740. The van der Waals surface area contributed by atoms with Gasteiger partial charge >= 0.3 is 0 Å². The van der Waals surface area contributed by atoms with Gasteiger partial charge in [-0.3, -0.25) is 4.18 Å². The molecule has 0 radical (unpaired) electrons. The molecule has 7 nitrogen and oxygen atoms in total. The Morgan fingerprint density at radius 3 is 2.46 bits per heavy atom. The molecule has 0 spiro atoms. The first-order valence-electron chi connectivity index (χ1n) is 7.72. The van der Waals surface area contributed by atoms with Gasteiger partial charge in [-0.15, -0.1) is 0 Å². The first-order valence-corrected chi connectivity index (χ1v) is 9.13. The van der Waals surface area contributed by atoms with Crippen LogP contribution in [0.15, 0.2) is 29.2 Å². The molecule has 0 aliphatic carbocycles. The van der Waals surface area contributed by atoms with Crippen LogP contribution in [-0.2, 0) is 33.2 Å². The van der Waals surface area contributed by atoms with Crippen molar-refractivity contribution in [3.63, 3.8) is 0 Å². The summed E-state index contributed by atoms with van der Waals surface area (Å²) < 4.78 is 52.2. The average Bonchev–Trinajstić information content (AvgIpc) is 2.96. The molecule has 1 aromatic carbocycles. The molecule has 134 valence electrons. The van der Waals surface area contributed by atoms with E-state index in [-0.39, 0.29) is 11.5 Å². The number of ether oxygens (including phenoxy) is 4. The molecule has 0 N–H and O–H groups in total. The van der Waals surface area contributed by atoms with Gasteiger partial charge in [-0.25, -0.2) is 0 Å².